The summed E-state index contributed by atoms with van der Waals surface area (Å²) in [5.41, 5.74) is 6.35. The molecule has 0 bridgehead atoms. The molecule has 0 unspecified atom stereocenters. The zero-order chi connectivity index (χ0) is 13.5. The van der Waals surface area contributed by atoms with E-state index in [1.807, 2.05) is 19.1 Å². The Labute approximate surface area is 115 Å². The number of fused-ring (bicyclic) bond motifs is 2. The van der Waals surface area contributed by atoms with Crippen molar-refractivity contribution in [2.45, 2.75) is 13.5 Å². The number of hydrogen-bond acceptors (Lipinski definition) is 4. The van der Waals surface area contributed by atoms with E-state index in [4.69, 9.17) is 0 Å². The molecule has 5 heteroatoms. The number of nitrogens with one attached hydrogen (secondary N) is 2. The lowest BCUT2D eigenvalue weighted by atomic mass is 10.1. The SMILES string of the molecule is CC1=NCc2ccc(Nc3n[nH]c4cccnc34)cc21. The van der Waals surface area contributed by atoms with Gasteiger partial charge in [0.2, 0.25) is 0 Å². The summed E-state index contributed by atoms with van der Waals surface area (Å²) in [4.78, 5) is 8.79. The highest BCUT2D eigenvalue weighted by Gasteiger charge is 2.13. The Morgan fingerprint density at radius 1 is 1.25 bits per heavy atom. The van der Waals surface area contributed by atoms with Crippen molar-refractivity contribution in [3.8, 4) is 0 Å². The molecular formula is C15H13N5. The molecule has 1 aromatic carbocycles. The summed E-state index contributed by atoms with van der Waals surface area (Å²) in [6.45, 7) is 2.83. The van der Waals surface area contributed by atoms with Crippen LogP contribution in [0.25, 0.3) is 11.0 Å². The molecule has 2 aromatic heterocycles. The molecule has 2 N–H and O–H groups in total. The highest BCUT2D eigenvalue weighted by atomic mass is 15.2. The van der Waals surface area contributed by atoms with Gasteiger partial charge in [0.15, 0.2) is 5.82 Å². The number of aromatic amines is 1. The van der Waals surface area contributed by atoms with Crippen molar-refractivity contribution in [1.29, 1.82) is 0 Å². The lowest BCUT2D eigenvalue weighted by Gasteiger charge is -2.06. The Morgan fingerprint density at radius 2 is 2.20 bits per heavy atom. The molecule has 0 saturated carbocycles. The van der Waals surface area contributed by atoms with Crippen LogP contribution in [0.4, 0.5) is 11.5 Å². The van der Waals surface area contributed by atoms with E-state index in [-0.39, 0.29) is 0 Å². The first kappa shape index (κ1) is 11.2. The largest absolute Gasteiger partial charge is 0.337 e. The zero-order valence-electron chi connectivity index (χ0n) is 11.0. The van der Waals surface area contributed by atoms with Crippen molar-refractivity contribution in [3.63, 3.8) is 0 Å². The van der Waals surface area contributed by atoms with Crippen LogP contribution in [-0.4, -0.2) is 20.9 Å². The van der Waals surface area contributed by atoms with Crippen LogP contribution in [0.1, 0.15) is 18.1 Å². The molecule has 0 amide bonds. The summed E-state index contributed by atoms with van der Waals surface area (Å²) >= 11 is 0. The molecule has 0 saturated heterocycles. The van der Waals surface area contributed by atoms with Gasteiger partial charge in [-0.15, -0.1) is 0 Å². The topological polar surface area (TPSA) is 66.0 Å². The summed E-state index contributed by atoms with van der Waals surface area (Å²) in [6, 6.07) is 10.1. The minimum Gasteiger partial charge on any atom is -0.337 e. The van der Waals surface area contributed by atoms with E-state index in [1.165, 1.54) is 11.1 Å². The number of aliphatic imine (C=N–C) groups is 1. The number of anilines is 2. The second-order valence-corrected chi connectivity index (χ2v) is 4.87. The second-order valence-electron chi connectivity index (χ2n) is 4.87. The second kappa shape index (κ2) is 4.16. The lowest BCUT2D eigenvalue weighted by molar-refractivity contribution is 1.10. The van der Waals surface area contributed by atoms with Gasteiger partial charge in [0.05, 0.1) is 12.1 Å². The summed E-state index contributed by atoms with van der Waals surface area (Å²) in [5.74, 6) is 0.744. The molecule has 98 valence electrons. The van der Waals surface area contributed by atoms with Crippen LogP contribution in [0.3, 0.4) is 0 Å². The molecule has 0 aliphatic carbocycles. The quantitative estimate of drug-likeness (QED) is 0.747. The zero-order valence-corrected chi connectivity index (χ0v) is 11.0. The van der Waals surface area contributed by atoms with E-state index in [0.717, 1.165) is 34.8 Å². The highest BCUT2D eigenvalue weighted by Crippen LogP contribution is 2.26. The normalized spacial score (nSPS) is 13.3. The Balaban J connectivity index is 1.73. The van der Waals surface area contributed by atoms with Gasteiger partial charge >= 0.3 is 0 Å². The monoisotopic (exact) mass is 263 g/mol. The van der Waals surface area contributed by atoms with Crippen LogP contribution in [-0.2, 0) is 6.54 Å². The van der Waals surface area contributed by atoms with Gasteiger partial charge in [-0.3, -0.25) is 15.1 Å². The van der Waals surface area contributed by atoms with Gasteiger partial charge in [-0.1, -0.05) is 6.07 Å². The van der Waals surface area contributed by atoms with E-state index in [9.17, 15) is 0 Å². The van der Waals surface area contributed by atoms with Gasteiger partial charge < -0.3 is 5.32 Å². The molecule has 1 aliphatic rings. The van der Waals surface area contributed by atoms with Crippen molar-refractivity contribution in [3.05, 3.63) is 47.7 Å². The van der Waals surface area contributed by atoms with Crippen molar-refractivity contribution < 1.29 is 0 Å². The molecule has 4 rings (SSSR count). The molecule has 1 aliphatic heterocycles. The summed E-state index contributed by atoms with van der Waals surface area (Å²) < 4.78 is 0. The van der Waals surface area contributed by atoms with Crippen molar-refractivity contribution in [2.24, 2.45) is 4.99 Å². The Morgan fingerprint density at radius 3 is 3.15 bits per heavy atom. The first-order valence-electron chi connectivity index (χ1n) is 6.52. The molecule has 5 nitrogen and oxygen atoms in total. The first-order chi connectivity index (χ1) is 9.81. The highest BCUT2D eigenvalue weighted by molar-refractivity contribution is 6.03. The Bertz CT molecular complexity index is 831. The number of H-pyrrole nitrogens is 1. The fourth-order valence-corrected chi connectivity index (χ4v) is 2.49. The van der Waals surface area contributed by atoms with Crippen LogP contribution >= 0.6 is 0 Å². The van der Waals surface area contributed by atoms with Gasteiger partial charge in [0.1, 0.15) is 5.52 Å². The number of nitrogens with zero attached hydrogens (tertiary/aromatic N) is 3. The summed E-state index contributed by atoms with van der Waals surface area (Å²) in [7, 11) is 0. The number of aromatic nitrogens is 3. The van der Waals surface area contributed by atoms with Crippen LogP contribution < -0.4 is 5.32 Å². The molecule has 0 radical (unpaired) electrons. The fourth-order valence-electron chi connectivity index (χ4n) is 2.49. The lowest BCUT2D eigenvalue weighted by Crippen LogP contribution is -1.96. The van der Waals surface area contributed by atoms with Gasteiger partial charge in [0, 0.05) is 23.2 Å². The average Bonchev–Trinajstić information content (AvgIpc) is 3.05. The number of benzene rings is 1. The predicted octanol–water partition coefficient (Wildman–Crippen LogP) is 3.02. The van der Waals surface area contributed by atoms with Crippen LogP contribution in [0, 0.1) is 0 Å². The smallest absolute Gasteiger partial charge is 0.178 e. The van der Waals surface area contributed by atoms with Crippen LogP contribution in [0.15, 0.2) is 41.5 Å². The van der Waals surface area contributed by atoms with Gasteiger partial charge in [0.25, 0.3) is 0 Å². The van der Waals surface area contributed by atoms with Gasteiger partial charge in [-0.25, -0.2) is 0 Å². The maximum absolute atomic E-state index is 4.45. The van der Waals surface area contributed by atoms with E-state index in [1.54, 1.807) is 6.20 Å². The molecular weight excluding hydrogens is 250 g/mol. The summed E-state index contributed by atoms with van der Waals surface area (Å²) in [5, 5.41) is 10.6. The van der Waals surface area contributed by atoms with Crippen molar-refractivity contribution in [1.82, 2.24) is 15.2 Å². The average molecular weight is 263 g/mol. The van der Waals surface area contributed by atoms with Crippen LogP contribution in [0.5, 0.6) is 0 Å². The molecule has 0 atom stereocenters. The number of pyridine rings is 1. The number of hydrogen-bond donors (Lipinski definition) is 2. The standard InChI is InChI=1S/C15H13N5/c1-9-12-7-11(5-4-10(12)8-17-9)18-15-14-13(19-20-15)3-2-6-16-14/h2-7H,8H2,1H3,(H2,18,19,20). The van der Waals surface area contributed by atoms with E-state index < -0.39 is 0 Å². The van der Waals surface area contributed by atoms with E-state index >= 15 is 0 Å². The molecule has 0 spiro atoms. The minimum atomic E-state index is 0.744. The van der Waals surface area contributed by atoms with E-state index in [2.05, 4.69) is 43.7 Å². The van der Waals surface area contributed by atoms with Crippen molar-refractivity contribution >= 4 is 28.3 Å². The molecule has 0 fully saturated rings. The van der Waals surface area contributed by atoms with E-state index in [0.29, 0.717) is 0 Å². The Hall–Kier alpha value is -2.69. The predicted molar refractivity (Wildman–Crippen MR) is 79.5 cm³/mol. The molecule has 20 heavy (non-hydrogen) atoms. The molecule has 3 aromatic rings. The minimum absolute atomic E-state index is 0.744. The third-order valence-electron chi connectivity index (χ3n) is 3.57. The molecule has 3 heterocycles. The number of rotatable bonds is 2. The third-order valence-corrected chi connectivity index (χ3v) is 3.57. The fraction of sp³-hybridized carbons (Fsp3) is 0.133. The summed E-state index contributed by atoms with van der Waals surface area (Å²) in [6.07, 6.45) is 1.77. The van der Waals surface area contributed by atoms with Gasteiger partial charge in [-0.2, -0.15) is 5.10 Å². The van der Waals surface area contributed by atoms with Crippen LogP contribution in [0.2, 0.25) is 0 Å². The maximum Gasteiger partial charge on any atom is 0.178 e. The third kappa shape index (κ3) is 1.67. The maximum atomic E-state index is 4.45. The Kier molecular flexibility index (Phi) is 2.32. The van der Waals surface area contributed by atoms with Crippen molar-refractivity contribution in [2.75, 3.05) is 5.32 Å². The first-order valence-corrected chi connectivity index (χ1v) is 6.52. The van der Waals surface area contributed by atoms with Gasteiger partial charge in [-0.05, 0) is 36.8 Å².